The molecule has 72 valence electrons. The fourth-order valence-corrected chi connectivity index (χ4v) is 1.03. The zero-order valence-corrected chi connectivity index (χ0v) is 8.02. The average Bonchev–Trinajstić information content (AvgIpc) is 2.14. The van der Waals surface area contributed by atoms with Crippen molar-refractivity contribution in [2.75, 3.05) is 13.7 Å². The zero-order chi connectivity index (χ0) is 9.61. The predicted octanol–water partition coefficient (Wildman–Crippen LogP) is 0.860. The van der Waals surface area contributed by atoms with Crippen LogP contribution in [0.5, 0.6) is 0 Å². The molecule has 3 N–H and O–H groups in total. The third-order valence-electron chi connectivity index (χ3n) is 2.30. The van der Waals surface area contributed by atoms with Crippen LogP contribution in [0.25, 0.3) is 0 Å². The first-order chi connectivity index (χ1) is 5.64. The van der Waals surface area contributed by atoms with Crippen LogP contribution in [0, 0.1) is 0 Å². The van der Waals surface area contributed by atoms with E-state index >= 15 is 0 Å². The number of ether oxygens (including phenoxy) is 1. The molecule has 0 fully saturated rings. The smallest absolute Gasteiger partial charge is 0.407 e. The number of methoxy groups -OCH3 is 1. The van der Waals surface area contributed by atoms with Crippen LogP contribution >= 0.6 is 0 Å². The minimum Gasteiger partial charge on any atom is -0.453 e. The fraction of sp³-hybridized carbons (Fsp3) is 0.875. The number of carbonyl (C=O) groups is 1. The maximum atomic E-state index is 10.9. The molecule has 0 saturated carbocycles. The molecule has 4 nitrogen and oxygen atoms in total. The highest BCUT2D eigenvalue weighted by molar-refractivity contribution is 5.68. The summed E-state index contributed by atoms with van der Waals surface area (Å²) in [6, 6.07) is 0. The maximum Gasteiger partial charge on any atom is 0.407 e. The van der Waals surface area contributed by atoms with Gasteiger partial charge in [-0.05, 0) is 12.8 Å². The molecule has 0 unspecified atom stereocenters. The highest BCUT2D eigenvalue weighted by atomic mass is 16.5. The van der Waals surface area contributed by atoms with Crippen LogP contribution in [0.4, 0.5) is 4.79 Å². The number of hydrogen-bond acceptors (Lipinski definition) is 3. The first-order valence-corrected chi connectivity index (χ1v) is 4.20. The first kappa shape index (κ1) is 11.2. The Morgan fingerprint density at radius 3 is 2.25 bits per heavy atom. The molecule has 0 saturated heterocycles. The van der Waals surface area contributed by atoms with E-state index in [1.54, 1.807) is 0 Å². The minimum atomic E-state index is -0.413. The molecule has 0 heterocycles. The van der Waals surface area contributed by atoms with E-state index in [0.29, 0.717) is 6.54 Å². The van der Waals surface area contributed by atoms with Crippen LogP contribution in [0.2, 0.25) is 0 Å². The SMILES string of the molecule is CCC(CC)(CN)NC(=O)OC. The monoisotopic (exact) mass is 174 g/mol. The van der Waals surface area contributed by atoms with Gasteiger partial charge in [0.1, 0.15) is 0 Å². The van der Waals surface area contributed by atoms with E-state index in [1.807, 2.05) is 13.8 Å². The third kappa shape index (κ3) is 2.70. The molecular formula is C8H18N2O2. The van der Waals surface area contributed by atoms with Gasteiger partial charge in [0, 0.05) is 6.54 Å². The second-order valence-corrected chi connectivity index (χ2v) is 2.81. The number of carbonyl (C=O) groups excluding carboxylic acids is 1. The quantitative estimate of drug-likeness (QED) is 0.664. The highest BCUT2D eigenvalue weighted by Gasteiger charge is 2.26. The molecule has 0 aromatic heterocycles. The van der Waals surface area contributed by atoms with Gasteiger partial charge in [0.05, 0.1) is 12.6 Å². The van der Waals surface area contributed by atoms with Crippen LogP contribution < -0.4 is 11.1 Å². The van der Waals surface area contributed by atoms with Crippen molar-refractivity contribution in [3.8, 4) is 0 Å². The van der Waals surface area contributed by atoms with Crippen molar-refractivity contribution in [1.29, 1.82) is 0 Å². The van der Waals surface area contributed by atoms with Crippen molar-refractivity contribution in [3.63, 3.8) is 0 Å². The Bertz CT molecular complexity index is 136. The van der Waals surface area contributed by atoms with Crippen LogP contribution in [-0.4, -0.2) is 25.3 Å². The predicted molar refractivity (Wildman–Crippen MR) is 47.9 cm³/mol. The summed E-state index contributed by atoms with van der Waals surface area (Å²) < 4.78 is 4.51. The average molecular weight is 174 g/mol. The summed E-state index contributed by atoms with van der Waals surface area (Å²) in [7, 11) is 1.35. The Hall–Kier alpha value is -0.770. The largest absolute Gasteiger partial charge is 0.453 e. The van der Waals surface area contributed by atoms with E-state index in [1.165, 1.54) is 7.11 Å². The summed E-state index contributed by atoms with van der Waals surface area (Å²) in [5, 5.41) is 2.74. The van der Waals surface area contributed by atoms with E-state index in [9.17, 15) is 4.79 Å². The summed E-state index contributed by atoms with van der Waals surface area (Å²) >= 11 is 0. The summed E-state index contributed by atoms with van der Waals surface area (Å²) in [6.45, 7) is 4.42. The minimum absolute atomic E-state index is 0.299. The molecule has 0 aromatic carbocycles. The van der Waals surface area contributed by atoms with Crippen molar-refractivity contribution in [3.05, 3.63) is 0 Å². The molecule has 0 spiro atoms. The normalized spacial score (nSPS) is 11.0. The third-order valence-corrected chi connectivity index (χ3v) is 2.30. The van der Waals surface area contributed by atoms with Crippen LogP contribution in [0.3, 0.4) is 0 Å². The van der Waals surface area contributed by atoms with Crippen LogP contribution in [0.15, 0.2) is 0 Å². The van der Waals surface area contributed by atoms with Crippen LogP contribution in [-0.2, 0) is 4.74 Å². The van der Waals surface area contributed by atoms with E-state index in [4.69, 9.17) is 5.73 Å². The van der Waals surface area contributed by atoms with Crippen LogP contribution in [0.1, 0.15) is 26.7 Å². The van der Waals surface area contributed by atoms with Crippen molar-refractivity contribution in [2.45, 2.75) is 32.2 Å². The van der Waals surface area contributed by atoms with Gasteiger partial charge in [-0.25, -0.2) is 4.79 Å². The molecule has 0 atom stereocenters. The number of rotatable bonds is 4. The Morgan fingerprint density at radius 2 is 2.00 bits per heavy atom. The van der Waals surface area contributed by atoms with Crippen molar-refractivity contribution >= 4 is 6.09 Å². The summed E-state index contributed by atoms with van der Waals surface area (Å²) in [4.78, 5) is 10.9. The molecular weight excluding hydrogens is 156 g/mol. The number of alkyl carbamates (subject to hydrolysis) is 1. The Kier molecular flexibility index (Phi) is 4.66. The van der Waals surface area contributed by atoms with Gasteiger partial charge < -0.3 is 15.8 Å². The molecule has 0 bridgehead atoms. The lowest BCUT2D eigenvalue weighted by molar-refractivity contribution is 0.153. The van der Waals surface area contributed by atoms with Crippen molar-refractivity contribution in [2.24, 2.45) is 5.73 Å². The maximum absolute atomic E-state index is 10.9. The lowest BCUT2D eigenvalue weighted by atomic mass is 9.93. The molecule has 0 aliphatic heterocycles. The lowest BCUT2D eigenvalue weighted by Gasteiger charge is -2.30. The van der Waals surface area contributed by atoms with Gasteiger partial charge in [-0.1, -0.05) is 13.8 Å². The highest BCUT2D eigenvalue weighted by Crippen LogP contribution is 2.12. The molecule has 4 heteroatoms. The van der Waals surface area contributed by atoms with Gasteiger partial charge in [0.2, 0.25) is 0 Å². The van der Waals surface area contributed by atoms with Gasteiger partial charge in [-0.3, -0.25) is 0 Å². The molecule has 12 heavy (non-hydrogen) atoms. The summed E-state index contributed by atoms with van der Waals surface area (Å²) in [5.41, 5.74) is 5.26. The molecule has 0 radical (unpaired) electrons. The second-order valence-electron chi connectivity index (χ2n) is 2.81. The Morgan fingerprint density at radius 1 is 1.50 bits per heavy atom. The van der Waals surface area contributed by atoms with Gasteiger partial charge in [0.15, 0.2) is 0 Å². The van der Waals surface area contributed by atoms with E-state index in [2.05, 4.69) is 10.1 Å². The molecule has 1 amide bonds. The van der Waals surface area contributed by atoms with Gasteiger partial charge >= 0.3 is 6.09 Å². The molecule has 0 aliphatic carbocycles. The summed E-state index contributed by atoms with van der Waals surface area (Å²) in [6.07, 6.45) is 1.22. The van der Waals surface area contributed by atoms with E-state index in [0.717, 1.165) is 12.8 Å². The Labute approximate surface area is 73.5 Å². The molecule has 0 aromatic rings. The topological polar surface area (TPSA) is 64.3 Å². The standard InChI is InChI=1S/C8H18N2O2/c1-4-8(5-2,6-9)10-7(11)12-3/h4-6,9H2,1-3H3,(H,10,11). The van der Waals surface area contributed by atoms with Gasteiger partial charge in [-0.15, -0.1) is 0 Å². The lowest BCUT2D eigenvalue weighted by Crippen LogP contribution is -2.52. The van der Waals surface area contributed by atoms with Gasteiger partial charge in [-0.2, -0.15) is 0 Å². The fourth-order valence-electron chi connectivity index (χ4n) is 1.03. The summed E-state index contributed by atoms with van der Waals surface area (Å²) in [5.74, 6) is 0. The number of amides is 1. The van der Waals surface area contributed by atoms with Crippen molar-refractivity contribution in [1.82, 2.24) is 5.32 Å². The number of nitrogens with one attached hydrogen (secondary N) is 1. The van der Waals surface area contributed by atoms with Gasteiger partial charge in [0.25, 0.3) is 0 Å². The zero-order valence-electron chi connectivity index (χ0n) is 8.02. The number of hydrogen-bond donors (Lipinski definition) is 2. The molecule has 0 aliphatic rings. The first-order valence-electron chi connectivity index (χ1n) is 4.20. The molecule has 0 rings (SSSR count). The Balaban J connectivity index is 4.19. The van der Waals surface area contributed by atoms with E-state index in [-0.39, 0.29) is 5.54 Å². The van der Waals surface area contributed by atoms with E-state index < -0.39 is 6.09 Å². The number of nitrogens with two attached hydrogens (primary N) is 1. The van der Waals surface area contributed by atoms with Crippen molar-refractivity contribution < 1.29 is 9.53 Å². The second kappa shape index (κ2) is 4.98.